The highest BCUT2D eigenvalue weighted by Gasteiger charge is 2.12. The fourth-order valence-corrected chi connectivity index (χ4v) is 2.28. The van der Waals surface area contributed by atoms with E-state index in [0.29, 0.717) is 11.4 Å². The molecule has 5 N–H and O–H groups in total. The summed E-state index contributed by atoms with van der Waals surface area (Å²) >= 11 is 11.9. The average Bonchev–Trinajstić information content (AvgIpc) is 2.79. The zero-order chi connectivity index (χ0) is 14.4. The molecule has 0 saturated heterocycles. The lowest BCUT2D eigenvalue weighted by atomic mass is 10.2. The summed E-state index contributed by atoms with van der Waals surface area (Å²) in [5, 5.41) is 0.547. The number of H-pyrrole nitrogens is 3. The molecule has 0 aliphatic heterocycles. The largest absolute Gasteiger partial charge is 0.396 e. The van der Waals surface area contributed by atoms with Gasteiger partial charge in [0.05, 0.1) is 15.7 Å². The van der Waals surface area contributed by atoms with Crippen molar-refractivity contribution in [2.75, 3.05) is 5.73 Å². The van der Waals surface area contributed by atoms with Gasteiger partial charge < -0.3 is 10.7 Å². The van der Waals surface area contributed by atoms with E-state index in [2.05, 4.69) is 19.9 Å². The summed E-state index contributed by atoms with van der Waals surface area (Å²) < 4.78 is 0. The zero-order valence-electron chi connectivity index (χ0n) is 9.75. The molecule has 9 heteroatoms. The number of anilines is 1. The van der Waals surface area contributed by atoms with Crippen molar-refractivity contribution in [3.05, 3.63) is 43.0 Å². The van der Waals surface area contributed by atoms with E-state index in [-0.39, 0.29) is 26.9 Å². The quantitative estimate of drug-likeness (QED) is 0.509. The van der Waals surface area contributed by atoms with Crippen LogP contribution >= 0.6 is 23.2 Å². The molecule has 0 aliphatic carbocycles. The molecule has 0 aliphatic rings. The average molecular weight is 312 g/mol. The molecule has 2 heterocycles. The Bertz CT molecular complexity index is 917. The zero-order valence-corrected chi connectivity index (χ0v) is 11.3. The molecule has 3 rings (SSSR count). The lowest BCUT2D eigenvalue weighted by molar-refractivity contribution is 1.07. The van der Waals surface area contributed by atoms with Gasteiger partial charge in [-0.3, -0.25) is 14.8 Å². The van der Waals surface area contributed by atoms with E-state index < -0.39 is 11.2 Å². The van der Waals surface area contributed by atoms with E-state index in [1.54, 1.807) is 12.1 Å². The van der Waals surface area contributed by atoms with Crippen molar-refractivity contribution in [2.24, 2.45) is 0 Å². The maximum atomic E-state index is 11.6. The second-order valence-electron chi connectivity index (χ2n) is 4.07. The third kappa shape index (κ3) is 1.97. The first-order valence-corrected chi connectivity index (χ1v) is 6.18. The van der Waals surface area contributed by atoms with Crippen molar-refractivity contribution in [3.8, 4) is 11.4 Å². The van der Waals surface area contributed by atoms with Crippen LogP contribution in [0, 0.1) is 0 Å². The number of aromatic nitrogens is 4. The van der Waals surface area contributed by atoms with Crippen molar-refractivity contribution in [1.82, 2.24) is 19.9 Å². The summed E-state index contributed by atoms with van der Waals surface area (Å²) in [4.78, 5) is 34.2. The first-order chi connectivity index (χ1) is 9.45. The van der Waals surface area contributed by atoms with Crippen molar-refractivity contribution in [1.29, 1.82) is 0 Å². The third-order valence-electron chi connectivity index (χ3n) is 2.74. The highest BCUT2D eigenvalue weighted by atomic mass is 35.5. The minimum Gasteiger partial charge on any atom is -0.396 e. The molecule has 0 saturated carbocycles. The summed E-state index contributed by atoms with van der Waals surface area (Å²) in [6.45, 7) is 0. The Morgan fingerprint density at radius 3 is 2.35 bits per heavy atom. The Labute approximate surface area is 120 Å². The highest BCUT2D eigenvalue weighted by molar-refractivity contribution is 6.39. The molecule has 102 valence electrons. The predicted molar refractivity (Wildman–Crippen MR) is 77.2 cm³/mol. The molecule has 0 atom stereocenters. The lowest BCUT2D eigenvalue weighted by Gasteiger charge is -2.03. The fraction of sp³-hybridized carbons (Fsp3) is 0. The molecule has 0 radical (unpaired) electrons. The molecule has 0 fully saturated rings. The maximum Gasteiger partial charge on any atom is 0.327 e. The molecule has 0 bridgehead atoms. The van der Waals surface area contributed by atoms with Gasteiger partial charge in [-0.2, -0.15) is 0 Å². The molecular weight excluding hydrogens is 305 g/mol. The van der Waals surface area contributed by atoms with E-state index in [9.17, 15) is 9.59 Å². The van der Waals surface area contributed by atoms with Gasteiger partial charge in [-0.25, -0.2) is 9.78 Å². The number of nitrogens with zero attached hydrogens (tertiary/aromatic N) is 1. The number of hydrogen-bond donors (Lipinski definition) is 4. The number of benzene rings is 1. The van der Waals surface area contributed by atoms with E-state index in [4.69, 9.17) is 28.9 Å². The summed E-state index contributed by atoms with van der Waals surface area (Å²) in [7, 11) is 0. The Morgan fingerprint density at radius 1 is 1.05 bits per heavy atom. The summed E-state index contributed by atoms with van der Waals surface area (Å²) in [6, 6.07) is 3.12. The second-order valence-corrected chi connectivity index (χ2v) is 4.89. The van der Waals surface area contributed by atoms with Gasteiger partial charge in [0.1, 0.15) is 11.3 Å². The summed E-state index contributed by atoms with van der Waals surface area (Å²) in [5.74, 6) is 0.344. The van der Waals surface area contributed by atoms with Crippen molar-refractivity contribution in [3.63, 3.8) is 0 Å². The van der Waals surface area contributed by atoms with Crippen molar-refractivity contribution < 1.29 is 0 Å². The number of imidazole rings is 1. The normalized spacial score (nSPS) is 11.1. The summed E-state index contributed by atoms with van der Waals surface area (Å²) in [6.07, 6.45) is 0. The van der Waals surface area contributed by atoms with Gasteiger partial charge in [0.25, 0.3) is 5.56 Å². The van der Waals surface area contributed by atoms with Gasteiger partial charge in [-0.1, -0.05) is 23.2 Å². The number of nitrogen functional groups attached to an aromatic ring is 1. The Balaban J connectivity index is 2.28. The van der Waals surface area contributed by atoms with E-state index in [1.165, 1.54) is 0 Å². The second kappa shape index (κ2) is 4.39. The Kier molecular flexibility index (Phi) is 2.81. The molecule has 0 unspecified atom stereocenters. The van der Waals surface area contributed by atoms with Crippen LogP contribution in [0.5, 0.6) is 0 Å². The smallest absolute Gasteiger partial charge is 0.327 e. The van der Waals surface area contributed by atoms with Gasteiger partial charge in [-0.05, 0) is 12.1 Å². The number of rotatable bonds is 1. The molecule has 20 heavy (non-hydrogen) atoms. The van der Waals surface area contributed by atoms with Crippen LogP contribution in [0.25, 0.3) is 22.6 Å². The first-order valence-electron chi connectivity index (χ1n) is 5.43. The van der Waals surface area contributed by atoms with Crippen molar-refractivity contribution >= 4 is 40.1 Å². The van der Waals surface area contributed by atoms with Crippen LogP contribution in [0.4, 0.5) is 5.69 Å². The SMILES string of the molecule is Nc1c(Cl)cc(-c2nc3[nH]c(=O)[nH]c(=O)c3[nH]2)cc1Cl. The number of nitrogens with two attached hydrogens (primary N) is 1. The third-order valence-corrected chi connectivity index (χ3v) is 3.37. The number of hydrogen-bond acceptors (Lipinski definition) is 4. The Hall–Kier alpha value is -2.25. The van der Waals surface area contributed by atoms with Crippen LogP contribution in [0.15, 0.2) is 21.7 Å². The molecular formula is C11H7Cl2N5O2. The number of fused-ring (bicyclic) bond motifs is 1. The summed E-state index contributed by atoms with van der Waals surface area (Å²) in [5.41, 5.74) is 5.58. The van der Waals surface area contributed by atoms with Crippen LogP contribution < -0.4 is 17.0 Å². The first kappa shape index (κ1) is 12.8. The van der Waals surface area contributed by atoms with Gasteiger partial charge in [0, 0.05) is 5.56 Å². The van der Waals surface area contributed by atoms with Crippen LogP contribution in [-0.2, 0) is 0 Å². The van der Waals surface area contributed by atoms with Gasteiger partial charge in [0.15, 0.2) is 5.65 Å². The molecule has 1 aromatic carbocycles. The van der Waals surface area contributed by atoms with Crippen LogP contribution in [0.1, 0.15) is 0 Å². The molecule has 3 aromatic rings. The van der Waals surface area contributed by atoms with E-state index in [0.717, 1.165) is 0 Å². The Morgan fingerprint density at radius 2 is 1.70 bits per heavy atom. The topological polar surface area (TPSA) is 120 Å². The van der Waals surface area contributed by atoms with Crippen LogP contribution in [0.3, 0.4) is 0 Å². The standard InChI is InChI=1S/C11H7Cl2N5O2/c12-4-1-3(2-5(13)6(4)14)8-15-7-9(16-8)17-11(20)18-10(7)19/h1-2H,14H2,(H3,15,16,17,18,19,20). The number of nitrogens with one attached hydrogen (secondary N) is 3. The molecule has 2 aromatic heterocycles. The van der Waals surface area contributed by atoms with Crippen molar-refractivity contribution in [2.45, 2.75) is 0 Å². The van der Waals surface area contributed by atoms with Gasteiger partial charge in [-0.15, -0.1) is 0 Å². The molecule has 7 nitrogen and oxygen atoms in total. The predicted octanol–water partition coefficient (Wildman–Crippen LogP) is 1.50. The highest BCUT2D eigenvalue weighted by Crippen LogP contribution is 2.32. The lowest BCUT2D eigenvalue weighted by Crippen LogP contribution is -2.21. The van der Waals surface area contributed by atoms with Crippen LogP contribution in [-0.4, -0.2) is 19.9 Å². The monoisotopic (exact) mass is 311 g/mol. The maximum absolute atomic E-state index is 11.6. The number of halogens is 2. The fourth-order valence-electron chi connectivity index (χ4n) is 1.79. The minimum atomic E-state index is -0.631. The van der Waals surface area contributed by atoms with E-state index in [1.807, 2.05) is 0 Å². The van der Waals surface area contributed by atoms with Crippen LogP contribution in [0.2, 0.25) is 10.0 Å². The molecule has 0 amide bonds. The molecule has 0 spiro atoms. The van der Waals surface area contributed by atoms with Gasteiger partial charge >= 0.3 is 5.69 Å². The number of aromatic amines is 3. The minimum absolute atomic E-state index is 0.151. The van der Waals surface area contributed by atoms with Gasteiger partial charge in [0.2, 0.25) is 0 Å². The van der Waals surface area contributed by atoms with E-state index >= 15 is 0 Å².